The minimum atomic E-state index is -0.397. The topological polar surface area (TPSA) is 43.3 Å². The molecule has 0 amide bonds. The Morgan fingerprint density at radius 3 is 2.52 bits per heavy atom. The molecule has 7 heteroatoms. The Morgan fingerprint density at radius 1 is 1.00 bits per heavy atom. The van der Waals surface area contributed by atoms with E-state index < -0.39 is 6.23 Å². The smallest absolute Gasteiger partial charge is 0.214 e. The van der Waals surface area contributed by atoms with Crippen molar-refractivity contribution in [2.24, 2.45) is 5.10 Å². The fraction of sp³-hybridized carbons (Fsp3) is 0.208. The molecule has 31 heavy (non-hydrogen) atoms. The lowest BCUT2D eigenvalue weighted by molar-refractivity contribution is -0.0191. The average molecular weight is 500 g/mol. The molecule has 2 heterocycles. The van der Waals surface area contributed by atoms with Crippen molar-refractivity contribution in [3.8, 4) is 17.2 Å². The zero-order valence-corrected chi connectivity index (χ0v) is 19.4. The van der Waals surface area contributed by atoms with Crippen molar-refractivity contribution in [2.45, 2.75) is 18.7 Å². The van der Waals surface area contributed by atoms with Crippen molar-refractivity contribution in [1.82, 2.24) is 5.01 Å². The molecule has 158 valence electrons. The third kappa shape index (κ3) is 3.64. The Morgan fingerprint density at radius 2 is 1.77 bits per heavy atom. The number of hydrogen-bond donors (Lipinski definition) is 0. The maximum atomic E-state index is 6.42. The van der Waals surface area contributed by atoms with E-state index in [1.54, 1.807) is 14.2 Å². The Bertz CT molecular complexity index is 1170. The molecule has 0 aromatic heterocycles. The number of ether oxygens (including phenoxy) is 3. The quantitative estimate of drug-likeness (QED) is 0.419. The van der Waals surface area contributed by atoms with Crippen LogP contribution in [0.2, 0.25) is 5.02 Å². The highest BCUT2D eigenvalue weighted by atomic mass is 79.9. The molecule has 0 spiro atoms. The second-order valence-electron chi connectivity index (χ2n) is 7.42. The van der Waals surface area contributed by atoms with E-state index in [1.807, 2.05) is 53.5 Å². The van der Waals surface area contributed by atoms with Crippen LogP contribution in [-0.4, -0.2) is 24.9 Å². The van der Waals surface area contributed by atoms with Crippen molar-refractivity contribution in [2.75, 3.05) is 14.2 Å². The molecule has 3 aromatic rings. The number of nitrogens with zero attached hydrogens (tertiary/aromatic N) is 2. The van der Waals surface area contributed by atoms with Gasteiger partial charge in [0.15, 0.2) is 11.5 Å². The van der Waals surface area contributed by atoms with E-state index in [9.17, 15) is 0 Å². The van der Waals surface area contributed by atoms with Crippen LogP contribution in [0.25, 0.3) is 0 Å². The van der Waals surface area contributed by atoms with Gasteiger partial charge >= 0.3 is 0 Å². The largest absolute Gasteiger partial charge is 0.493 e. The summed E-state index contributed by atoms with van der Waals surface area (Å²) in [6.45, 7) is 0. The van der Waals surface area contributed by atoms with Crippen molar-refractivity contribution >= 4 is 33.2 Å². The second-order valence-corrected chi connectivity index (χ2v) is 8.77. The number of halogens is 2. The van der Waals surface area contributed by atoms with Gasteiger partial charge in [0, 0.05) is 27.0 Å². The van der Waals surface area contributed by atoms with E-state index in [-0.39, 0.29) is 6.04 Å². The Labute approximate surface area is 194 Å². The van der Waals surface area contributed by atoms with Gasteiger partial charge in [-0.3, -0.25) is 0 Å². The normalized spacial score (nSPS) is 19.2. The predicted molar refractivity (Wildman–Crippen MR) is 124 cm³/mol. The maximum absolute atomic E-state index is 6.42. The van der Waals surface area contributed by atoms with Crippen molar-refractivity contribution in [3.63, 3.8) is 0 Å². The van der Waals surface area contributed by atoms with Crippen LogP contribution in [0.4, 0.5) is 0 Å². The molecule has 0 saturated heterocycles. The summed E-state index contributed by atoms with van der Waals surface area (Å²) in [6.07, 6.45) is 0.369. The lowest BCUT2D eigenvalue weighted by atomic mass is 9.96. The van der Waals surface area contributed by atoms with Crippen LogP contribution in [-0.2, 0) is 0 Å². The van der Waals surface area contributed by atoms with Gasteiger partial charge in [-0.2, -0.15) is 5.10 Å². The van der Waals surface area contributed by atoms with E-state index in [1.165, 1.54) is 0 Å². The average Bonchev–Trinajstić information content (AvgIpc) is 3.24. The molecule has 2 aliphatic rings. The Balaban J connectivity index is 1.60. The molecule has 3 aromatic carbocycles. The first-order valence-electron chi connectivity index (χ1n) is 9.87. The highest BCUT2D eigenvalue weighted by Crippen LogP contribution is 2.49. The SMILES string of the molecule is COc1ccc([C@@H]2Oc3ccc(Cl)cc3[C@@H]3CC(c4ccc(Br)cc4)=NN32)cc1OC. The molecular formula is C24H20BrClN2O3. The summed E-state index contributed by atoms with van der Waals surface area (Å²) in [5.41, 5.74) is 4.08. The standard InChI is InChI=1S/C24H20BrClN2O3/c1-29-22-9-5-15(11-23(22)30-2)24-28-20(18-12-17(26)8-10-21(18)31-24)13-19(27-28)14-3-6-16(25)7-4-14/h3-12,20,24H,13H2,1-2H3/t20-,24-/m0/s1. The van der Waals surface area contributed by atoms with Crippen molar-refractivity contribution < 1.29 is 14.2 Å². The molecule has 2 atom stereocenters. The Kier molecular flexibility index (Phi) is 5.28. The van der Waals surface area contributed by atoms with Gasteiger partial charge in [-0.1, -0.05) is 39.7 Å². The molecule has 0 fully saturated rings. The zero-order chi connectivity index (χ0) is 21.5. The molecule has 0 unspecified atom stereocenters. The van der Waals surface area contributed by atoms with E-state index in [0.717, 1.165) is 39.0 Å². The van der Waals surface area contributed by atoms with Crippen LogP contribution in [0.1, 0.15) is 35.4 Å². The summed E-state index contributed by atoms with van der Waals surface area (Å²) in [6, 6.07) is 19.8. The van der Waals surface area contributed by atoms with Gasteiger partial charge in [-0.05, 0) is 54.1 Å². The Hall–Kier alpha value is -2.70. The second kappa shape index (κ2) is 8.09. The summed E-state index contributed by atoms with van der Waals surface area (Å²) >= 11 is 9.82. The van der Waals surface area contributed by atoms with Crippen LogP contribution in [0.5, 0.6) is 17.2 Å². The fourth-order valence-corrected chi connectivity index (χ4v) is 4.55. The van der Waals surface area contributed by atoms with E-state index in [4.69, 9.17) is 30.9 Å². The van der Waals surface area contributed by atoms with E-state index >= 15 is 0 Å². The zero-order valence-electron chi connectivity index (χ0n) is 17.0. The van der Waals surface area contributed by atoms with Gasteiger partial charge in [0.2, 0.25) is 6.23 Å². The van der Waals surface area contributed by atoms with Crippen LogP contribution in [0.15, 0.2) is 70.2 Å². The van der Waals surface area contributed by atoms with Gasteiger partial charge in [-0.25, -0.2) is 5.01 Å². The molecule has 0 radical (unpaired) electrons. The molecule has 0 N–H and O–H groups in total. The maximum Gasteiger partial charge on any atom is 0.214 e. The third-order valence-electron chi connectivity index (χ3n) is 5.62. The highest BCUT2D eigenvalue weighted by Gasteiger charge is 2.41. The minimum Gasteiger partial charge on any atom is -0.493 e. The van der Waals surface area contributed by atoms with Gasteiger partial charge in [-0.15, -0.1) is 0 Å². The monoisotopic (exact) mass is 498 g/mol. The number of benzene rings is 3. The first kappa shape index (κ1) is 20.2. The van der Waals surface area contributed by atoms with Crippen molar-refractivity contribution in [1.29, 1.82) is 0 Å². The first-order chi connectivity index (χ1) is 15.1. The van der Waals surface area contributed by atoms with Crippen LogP contribution in [0.3, 0.4) is 0 Å². The minimum absolute atomic E-state index is 0.0270. The first-order valence-corrected chi connectivity index (χ1v) is 11.0. The lowest BCUT2D eigenvalue weighted by Gasteiger charge is -2.38. The third-order valence-corrected chi connectivity index (χ3v) is 6.39. The summed E-state index contributed by atoms with van der Waals surface area (Å²) in [7, 11) is 3.25. The van der Waals surface area contributed by atoms with Crippen molar-refractivity contribution in [3.05, 3.63) is 86.8 Å². The number of rotatable bonds is 4. The predicted octanol–water partition coefficient (Wildman–Crippen LogP) is 6.36. The van der Waals surface area contributed by atoms with E-state index in [0.29, 0.717) is 16.5 Å². The van der Waals surface area contributed by atoms with Crippen LogP contribution in [0, 0.1) is 0 Å². The molecule has 0 bridgehead atoms. The summed E-state index contributed by atoms with van der Waals surface area (Å²) < 4.78 is 18.4. The molecule has 2 aliphatic heterocycles. The van der Waals surface area contributed by atoms with Crippen LogP contribution < -0.4 is 14.2 Å². The lowest BCUT2D eigenvalue weighted by Crippen LogP contribution is -2.33. The number of methoxy groups -OCH3 is 2. The number of hydrazone groups is 1. The van der Waals surface area contributed by atoms with E-state index in [2.05, 4.69) is 28.1 Å². The molecule has 0 saturated carbocycles. The highest BCUT2D eigenvalue weighted by molar-refractivity contribution is 9.10. The van der Waals surface area contributed by atoms with Crippen LogP contribution >= 0.6 is 27.5 Å². The summed E-state index contributed by atoms with van der Waals surface area (Å²) in [4.78, 5) is 0. The number of hydrogen-bond acceptors (Lipinski definition) is 5. The molecule has 0 aliphatic carbocycles. The molecule has 5 rings (SSSR count). The summed E-state index contributed by atoms with van der Waals surface area (Å²) in [5.74, 6) is 2.14. The molecular weight excluding hydrogens is 480 g/mol. The van der Waals surface area contributed by atoms with Gasteiger partial charge in [0.25, 0.3) is 0 Å². The number of fused-ring (bicyclic) bond motifs is 3. The van der Waals surface area contributed by atoms with Gasteiger partial charge in [0.1, 0.15) is 5.75 Å². The molecule has 5 nitrogen and oxygen atoms in total. The van der Waals surface area contributed by atoms with Gasteiger partial charge in [0.05, 0.1) is 26.0 Å². The summed E-state index contributed by atoms with van der Waals surface area (Å²) in [5, 5.41) is 7.70. The fourth-order valence-electron chi connectivity index (χ4n) is 4.10. The van der Waals surface area contributed by atoms with Gasteiger partial charge < -0.3 is 14.2 Å².